The molecule has 4 nitrogen and oxygen atoms in total. The Morgan fingerprint density at radius 1 is 1.17 bits per heavy atom. The molecule has 0 aliphatic carbocycles. The maximum atomic E-state index is 11.6. The highest BCUT2D eigenvalue weighted by atomic mass is 35.5. The van der Waals surface area contributed by atoms with Gasteiger partial charge in [-0.15, -0.1) is 0 Å². The number of nitrogens with zero attached hydrogens (tertiary/aromatic N) is 1. The van der Waals surface area contributed by atoms with Crippen LogP contribution in [0.25, 0.3) is 0 Å². The third-order valence-corrected chi connectivity index (χ3v) is 3.91. The summed E-state index contributed by atoms with van der Waals surface area (Å²) in [6, 6.07) is 12.9. The fraction of sp³-hybridized carbons (Fsp3) is 0.316. The second kappa shape index (κ2) is 8.71. The molecule has 0 fully saturated rings. The number of ether oxygens (including phenoxy) is 2. The highest BCUT2D eigenvalue weighted by molar-refractivity contribution is 6.30. The number of ketones is 1. The second-order valence-corrected chi connectivity index (χ2v) is 6.03. The van der Waals surface area contributed by atoms with Crippen LogP contribution in [-0.2, 0) is 6.54 Å². The van der Waals surface area contributed by atoms with Gasteiger partial charge in [-0.3, -0.25) is 9.69 Å². The molecule has 2 rings (SSSR count). The van der Waals surface area contributed by atoms with Crippen molar-refractivity contribution in [3.63, 3.8) is 0 Å². The van der Waals surface area contributed by atoms with Gasteiger partial charge in [0.15, 0.2) is 5.78 Å². The van der Waals surface area contributed by atoms with E-state index in [-0.39, 0.29) is 5.78 Å². The van der Waals surface area contributed by atoms with Gasteiger partial charge in [-0.25, -0.2) is 0 Å². The molecule has 0 N–H and O–H groups in total. The number of halogens is 1. The number of methoxy groups -OCH3 is 1. The van der Waals surface area contributed by atoms with E-state index in [9.17, 15) is 4.79 Å². The molecule has 0 spiro atoms. The summed E-state index contributed by atoms with van der Waals surface area (Å²) in [5, 5.41) is 0.686. The van der Waals surface area contributed by atoms with Crippen molar-refractivity contribution >= 4 is 17.4 Å². The van der Waals surface area contributed by atoms with Gasteiger partial charge in [0.25, 0.3) is 0 Å². The monoisotopic (exact) mass is 347 g/mol. The van der Waals surface area contributed by atoms with E-state index >= 15 is 0 Å². The molecule has 0 radical (unpaired) electrons. The fourth-order valence-corrected chi connectivity index (χ4v) is 2.63. The van der Waals surface area contributed by atoms with Crippen LogP contribution in [-0.4, -0.2) is 38.0 Å². The minimum atomic E-state index is 0.00242. The molecular formula is C19H22ClNO3. The maximum Gasteiger partial charge on any atom is 0.163 e. The van der Waals surface area contributed by atoms with E-state index in [1.807, 2.05) is 43.4 Å². The van der Waals surface area contributed by atoms with Crippen LogP contribution in [0.3, 0.4) is 0 Å². The minimum Gasteiger partial charge on any atom is -0.496 e. The molecule has 2 aromatic rings. The Hall–Kier alpha value is -2.04. The van der Waals surface area contributed by atoms with Crippen molar-refractivity contribution in [3.05, 3.63) is 58.6 Å². The zero-order valence-corrected chi connectivity index (χ0v) is 15.0. The first-order chi connectivity index (χ1) is 11.5. The molecule has 128 valence electrons. The molecule has 24 heavy (non-hydrogen) atoms. The Kier molecular flexibility index (Phi) is 6.64. The molecule has 0 saturated heterocycles. The van der Waals surface area contributed by atoms with Gasteiger partial charge in [0.1, 0.15) is 18.1 Å². The summed E-state index contributed by atoms with van der Waals surface area (Å²) < 4.78 is 11.1. The lowest BCUT2D eigenvalue weighted by Gasteiger charge is -2.19. The van der Waals surface area contributed by atoms with Crippen molar-refractivity contribution in [2.24, 2.45) is 0 Å². The molecule has 0 aliphatic rings. The predicted molar refractivity (Wildman–Crippen MR) is 96.3 cm³/mol. The molecule has 0 aromatic heterocycles. The van der Waals surface area contributed by atoms with E-state index in [4.69, 9.17) is 21.1 Å². The Morgan fingerprint density at radius 3 is 2.62 bits per heavy atom. The first-order valence-corrected chi connectivity index (χ1v) is 8.12. The molecular weight excluding hydrogens is 326 g/mol. The molecule has 0 atom stereocenters. The summed E-state index contributed by atoms with van der Waals surface area (Å²) >= 11 is 6.06. The Morgan fingerprint density at radius 2 is 1.92 bits per heavy atom. The van der Waals surface area contributed by atoms with E-state index in [1.165, 1.54) is 0 Å². The number of Topliss-reactive ketones (excluding diaryl/α,β-unsaturated/α-hetero) is 1. The highest BCUT2D eigenvalue weighted by Crippen LogP contribution is 2.24. The summed E-state index contributed by atoms with van der Waals surface area (Å²) in [4.78, 5) is 13.7. The van der Waals surface area contributed by atoms with Crippen LogP contribution >= 0.6 is 11.6 Å². The lowest BCUT2D eigenvalue weighted by molar-refractivity contribution is 0.101. The summed E-state index contributed by atoms with van der Waals surface area (Å²) in [6.45, 7) is 3.44. The van der Waals surface area contributed by atoms with Crippen LogP contribution < -0.4 is 9.47 Å². The van der Waals surface area contributed by atoms with Gasteiger partial charge in [-0.05, 0) is 44.3 Å². The maximum absolute atomic E-state index is 11.6. The van der Waals surface area contributed by atoms with Gasteiger partial charge in [0.2, 0.25) is 0 Å². The number of carbonyl (C=O) groups is 1. The topological polar surface area (TPSA) is 38.8 Å². The lowest BCUT2D eigenvalue weighted by atomic mass is 10.1. The van der Waals surface area contributed by atoms with E-state index < -0.39 is 0 Å². The smallest absolute Gasteiger partial charge is 0.163 e. The molecule has 5 heteroatoms. The van der Waals surface area contributed by atoms with Gasteiger partial charge in [-0.1, -0.05) is 23.7 Å². The van der Waals surface area contributed by atoms with E-state index in [1.54, 1.807) is 20.1 Å². The third-order valence-electron chi connectivity index (χ3n) is 3.68. The SMILES string of the molecule is COc1ccc(Cl)cc1CN(C)CCOc1ccccc1C(C)=O. The van der Waals surface area contributed by atoms with Crippen LogP contribution in [0.1, 0.15) is 22.8 Å². The van der Waals surface area contributed by atoms with Crippen LogP contribution in [0.15, 0.2) is 42.5 Å². The largest absolute Gasteiger partial charge is 0.496 e. The lowest BCUT2D eigenvalue weighted by Crippen LogP contribution is -2.24. The Bertz CT molecular complexity index is 703. The van der Waals surface area contributed by atoms with Crippen LogP contribution in [0, 0.1) is 0 Å². The first-order valence-electron chi connectivity index (χ1n) is 7.75. The number of benzene rings is 2. The molecule has 0 bridgehead atoms. The van der Waals surface area contributed by atoms with Crippen LogP contribution in [0.4, 0.5) is 0 Å². The number of carbonyl (C=O) groups excluding carboxylic acids is 1. The number of hydrogen-bond acceptors (Lipinski definition) is 4. The zero-order valence-electron chi connectivity index (χ0n) is 14.2. The summed E-state index contributed by atoms with van der Waals surface area (Å²) in [5.41, 5.74) is 1.63. The second-order valence-electron chi connectivity index (χ2n) is 5.59. The number of para-hydroxylation sites is 1. The van der Waals surface area contributed by atoms with Gasteiger partial charge in [-0.2, -0.15) is 0 Å². The van der Waals surface area contributed by atoms with Crippen molar-refractivity contribution in [1.29, 1.82) is 0 Å². The predicted octanol–water partition coefficient (Wildman–Crippen LogP) is 4.06. The first kappa shape index (κ1) is 18.3. The van der Waals surface area contributed by atoms with E-state index in [0.29, 0.717) is 36.0 Å². The van der Waals surface area contributed by atoms with Crippen LogP contribution in [0.2, 0.25) is 5.02 Å². The van der Waals surface area contributed by atoms with E-state index in [0.717, 1.165) is 11.3 Å². The van der Waals surface area contributed by atoms with Gasteiger partial charge in [0, 0.05) is 23.7 Å². The van der Waals surface area contributed by atoms with Crippen molar-refractivity contribution < 1.29 is 14.3 Å². The summed E-state index contributed by atoms with van der Waals surface area (Å²) in [5.74, 6) is 1.44. The summed E-state index contributed by atoms with van der Waals surface area (Å²) in [7, 11) is 3.65. The number of likely N-dealkylation sites (N-methyl/N-ethyl adjacent to an activating group) is 1. The number of rotatable bonds is 8. The zero-order chi connectivity index (χ0) is 17.5. The fourth-order valence-electron chi connectivity index (χ4n) is 2.44. The van der Waals surface area contributed by atoms with Gasteiger partial charge >= 0.3 is 0 Å². The average Bonchev–Trinajstić information content (AvgIpc) is 2.55. The standard InChI is InChI=1S/C19H22ClNO3/c1-14(22)17-6-4-5-7-19(17)24-11-10-21(2)13-15-12-16(20)8-9-18(15)23-3/h4-9,12H,10-11,13H2,1-3H3. The van der Waals surface area contributed by atoms with Crippen LogP contribution in [0.5, 0.6) is 11.5 Å². The van der Waals surface area contributed by atoms with Crippen molar-refractivity contribution in [2.45, 2.75) is 13.5 Å². The van der Waals surface area contributed by atoms with Gasteiger partial charge in [0.05, 0.1) is 12.7 Å². The average molecular weight is 348 g/mol. The minimum absolute atomic E-state index is 0.00242. The summed E-state index contributed by atoms with van der Waals surface area (Å²) in [6.07, 6.45) is 0. The van der Waals surface area contributed by atoms with Crippen molar-refractivity contribution in [2.75, 3.05) is 27.3 Å². The van der Waals surface area contributed by atoms with Crippen molar-refractivity contribution in [1.82, 2.24) is 4.90 Å². The molecule has 0 saturated carbocycles. The molecule has 0 aliphatic heterocycles. The van der Waals surface area contributed by atoms with Gasteiger partial charge < -0.3 is 9.47 Å². The Balaban J connectivity index is 1.91. The normalized spacial score (nSPS) is 10.7. The molecule has 0 amide bonds. The molecule has 2 aromatic carbocycles. The third kappa shape index (κ3) is 4.98. The molecule has 0 unspecified atom stereocenters. The molecule has 0 heterocycles. The van der Waals surface area contributed by atoms with E-state index in [2.05, 4.69) is 4.90 Å². The Labute approximate surface area is 147 Å². The quantitative estimate of drug-likeness (QED) is 0.675. The highest BCUT2D eigenvalue weighted by Gasteiger charge is 2.10. The van der Waals surface area contributed by atoms with Crippen molar-refractivity contribution in [3.8, 4) is 11.5 Å². The number of hydrogen-bond donors (Lipinski definition) is 0.